The summed E-state index contributed by atoms with van der Waals surface area (Å²) in [6.07, 6.45) is 1.16. The number of aliphatic imine (C=N–C) groups is 1. The van der Waals surface area contributed by atoms with E-state index in [1.54, 1.807) is 0 Å². The van der Waals surface area contributed by atoms with Gasteiger partial charge < -0.3 is 25.0 Å². The Labute approximate surface area is 206 Å². The molecule has 1 aliphatic rings. The molecule has 2 N–H and O–H groups in total. The second kappa shape index (κ2) is 15.7. The highest BCUT2D eigenvalue weighted by Crippen LogP contribution is 2.17. The second-order valence-corrected chi connectivity index (χ2v) is 8.50. The van der Waals surface area contributed by atoms with Crippen LogP contribution in [0.3, 0.4) is 0 Å². The van der Waals surface area contributed by atoms with Gasteiger partial charge in [0.25, 0.3) is 0 Å². The lowest BCUT2D eigenvalue weighted by Crippen LogP contribution is -2.51. The SMILES string of the molecule is CN=C(NCc1ccccc1OCCN(C)C)NCC(CC(C)C)N1CCOCC1.I. The summed E-state index contributed by atoms with van der Waals surface area (Å²) in [5.41, 5.74) is 1.13. The van der Waals surface area contributed by atoms with Crippen molar-refractivity contribution in [3.8, 4) is 5.75 Å². The number of hydrogen-bond donors (Lipinski definition) is 2. The molecule has 1 aromatic carbocycles. The molecule has 0 spiro atoms. The van der Waals surface area contributed by atoms with Gasteiger partial charge in [0.1, 0.15) is 12.4 Å². The standard InChI is InChI=1S/C23H41N5O2.HI/c1-19(2)16-21(28-11-13-29-14-12-28)18-26-23(24-3)25-17-20-8-6-7-9-22(20)30-15-10-27(4)5;/h6-9,19,21H,10-18H2,1-5H3,(H2,24,25,26);1H. The minimum absolute atomic E-state index is 0. The minimum Gasteiger partial charge on any atom is -0.492 e. The van der Waals surface area contributed by atoms with Crippen LogP contribution in [-0.2, 0) is 11.3 Å². The van der Waals surface area contributed by atoms with E-state index in [4.69, 9.17) is 9.47 Å². The lowest BCUT2D eigenvalue weighted by atomic mass is 10.0. The van der Waals surface area contributed by atoms with Crippen molar-refractivity contribution >= 4 is 29.9 Å². The lowest BCUT2D eigenvalue weighted by Gasteiger charge is -2.35. The van der Waals surface area contributed by atoms with Crippen molar-refractivity contribution in [1.29, 1.82) is 0 Å². The van der Waals surface area contributed by atoms with Crippen LogP contribution in [-0.4, -0.2) is 88.9 Å². The van der Waals surface area contributed by atoms with Crippen LogP contribution in [0.5, 0.6) is 5.75 Å². The van der Waals surface area contributed by atoms with E-state index < -0.39 is 0 Å². The normalized spacial score (nSPS) is 16.2. The van der Waals surface area contributed by atoms with E-state index in [0.29, 0.717) is 25.1 Å². The zero-order valence-electron chi connectivity index (χ0n) is 19.9. The van der Waals surface area contributed by atoms with Crippen molar-refractivity contribution in [3.05, 3.63) is 29.8 Å². The molecule has 1 aliphatic heterocycles. The van der Waals surface area contributed by atoms with Gasteiger partial charge in [0.2, 0.25) is 0 Å². The molecule has 1 unspecified atom stereocenters. The Morgan fingerprint density at radius 2 is 1.90 bits per heavy atom. The fourth-order valence-corrected chi connectivity index (χ4v) is 3.59. The van der Waals surface area contributed by atoms with Crippen LogP contribution in [0.1, 0.15) is 25.8 Å². The Hall–Kier alpha value is -1.10. The average Bonchev–Trinajstić information content (AvgIpc) is 2.74. The molecule has 31 heavy (non-hydrogen) atoms. The molecule has 7 nitrogen and oxygen atoms in total. The van der Waals surface area contributed by atoms with Gasteiger partial charge in [0, 0.05) is 51.4 Å². The maximum absolute atomic E-state index is 5.97. The highest BCUT2D eigenvalue weighted by Gasteiger charge is 2.22. The average molecular weight is 548 g/mol. The van der Waals surface area contributed by atoms with Gasteiger partial charge >= 0.3 is 0 Å². The van der Waals surface area contributed by atoms with Crippen molar-refractivity contribution in [2.45, 2.75) is 32.9 Å². The summed E-state index contributed by atoms with van der Waals surface area (Å²) in [6.45, 7) is 11.3. The molecular formula is C23H42IN5O2. The summed E-state index contributed by atoms with van der Waals surface area (Å²) in [7, 11) is 5.92. The van der Waals surface area contributed by atoms with Crippen LogP contribution >= 0.6 is 24.0 Å². The number of nitrogens with one attached hydrogen (secondary N) is 2. The van der Waals surface area contributed by atoms with E-state index in [0.717, 1.165) is 63.1 Å². The number of benzene rings is 1. The van der Waals surface area contributed by atoms with E-state index in [9.17, 15) is 0 Å². The van der Waals surface area contributed by atoms with Gasteiger partial charge in [-0.1, -0.05) is 32.0 Å². The first kappa shape index (κ1) is 27.9. The van der Waals surface area contributed by atoms with Crippen molar-refractivity contribution in [1.82, 2.24) is 20.4 Å². The zero-order valence-corrected chi connectivity index (χ0v) is 22.2. The van der Waals surface area contributed by atoms with E-state index in [-0.39, 0.29) is 24.0 Å². The number of guanidine groups is 1. The first-order valence-corrected chi connectivity index (χ1v) is 11.1. The smallest absolute Gasteiger partial charge is 0.191 e. The number of ether oxygens (including phenoxy) is 2. The highest BCUT2D eigenvalue weighted by molar-refractivity contribution is 14.0. The van der Waals surface area contributed by atoms with E-state index in [1.165, 1.54) is 0 Å². The Morgan fingerprint density at radius 1 is 1.19 bits per heavy atom. The van der Waals surface area contributed by atoms with E-state index >= 15 is 0 Å². The Bertz CT molecular complexity index is 636. The van der Waals surface area contributed by atoms with Gasteiger partial charge in [0.05, 0.1) is 13.2 Å². The Morgan fingerprint density at radius 3 is 2.55 bits per heavy atom. The van der Waals surface area contributed by atoms with Crippen LogP contribution in [0.4, 0.5) is 0 Å². The Kier molecular flexibility index (Phi) is 14.1. The van der Waals surface area contributed by atoms with Gasteiger partial charge in [-0.05, 0) is 32.5 Å². The number of hydrogen-bond acceptors (Lipinski definition) is 5. The molecule has 1 fully saturated rings. The third-order valence-electron chi connectivity index (χ3n) is 5.25. The molecule has 1 saturated heterocycles. The predicted molar refractivity (Wildman–Crippen MR) is 140 cm³/mol. The summed E-state index contributed by atoms with van der Waals surface area (Å²) in [6, 6.07) is 8.67. The fraction of sp³-hybridized carbons (Fsp3) is 0.696. The summed E-state index contributed by atoms with van der Waals surface area (Å²) in [5, 5.41) is 6.97. The molecule has 1 heterocycles. The summed E-state index contributed by atoms with van der Waals surface area (Å²) in [4.78, 5) is 9.08. The van der Waals surface area contributed by atoms with Crippen LogP contribution in [0.25, 0.3) is 0 Å². The molecule has 0 radical (unpaired) electrons. The number of halogens is 1. The molecule has 1 aromatic rings. The first-order chi connectivity index (χ1) is 14.5. The van der Waals surface area contributed by atoms with Crippen LogP contribution in [0.2, 0.25) is 0 Å². The lowest BCUT2D eigenvalue weighted by molar-refractivity contribution is 0.0132. The summed E-state index contributed by atoms with van der Waals surface area (Å²) in [5.74, 6) is 2.40. The van der Waals surface area contributed by atoms with Crippen molar-refractivity contribution in [3.63, 3.8) is 0 Å². The van der Waals surface area contributed by atoms with E-state index in [1.807, 2.05) is 25.2 Å². The molecule has 0 aliphatic carbocycles. The number of likely N-dealkylation sites (N-methyl/N-ethyl adjacent to an activating group) is 1. The van der Waals surface area contributed by atoms with Crippen LogP contribution < -0.4 is 15.4 Å². The molecule has 2 rings (SSSR count). The number of morpholine rings is 1. The summed E-state index contributed by atoms with van der Waals surface area (Å²) >= 11 is 0. The molecule has 8 heteroatoms. The zero-order chi connectivity index (χ0) is 21.8. The largest absolute Gasteiger partial charge is 0.492 e. The third kappa shape index (κ3) is 10.9. The topological polar surface area (TPSA) is 61.4 Å². The van der Waals surface area contributed by atoms with Crippen molar-refractivity contribution in [2.75, 3.05) is 67.1 Å². The molecule has 178 valence electrons. The minimum atomic E-state index is 0. The first-order valence-electron chi connectivity index (χ1n) is 11.1. The van der Waals surface area contributed by atoms with Gasteiger partial charge in [-0.2, -0.15) is 0 Å². The maximum Gasteiger partial charge on any atom is 0.191 e. The van der Waals surface area contributed by atoms with Crippen LogP contribution in [0.15, 0.2) is 29.3 Å². The van der Waals surface area contributed by atoms with Crippen LogP contribution in [0, 0.1) is 5.92 Å². The van der Waals surface area contributed by atoms with Crippen molar-refractivity contribution < 1.29 is 9.47 Å². The monoisotopic (exact) mass is 547 g/mol. The molecule has 0 bridgehead atoms. The second-order valence-electron chi connectivity index (χ2n) is 8.50. The molecule has 0 amide bonds. The summed E-state index contributed by atoms with van der Waals surface area (Å²) < 4.78 is 11.5. The van der Waals surface area contributed by atoms with Gasteiger partial charge in [-0.15, -0.1) is 24.0 Å². The van der Waals surface area contributed by atoms with Gasteiger partial charge in [-0.25, -0.2) is 0 Å². The van der Waals surface area contributed by atoms with Crippen molar-refractivity contribution in [2.24, 2.45) is 10.9 Å². The Balaban J connectivity index is 0.00000480. The highest BCUT2D eigenvalue weighted by atomic mass is 127. The fourth-order valence-electron chi connectivity index (χ4n) is 3.59. The molecular weight excluding hydrogens is 505 g/mol. The maximum atomic E-state index is 5.97. The van der Waals surface area contributed by atoms with Gasteiger partial charge in [-0.3, -0.25) is 9.89 Å². The molecule has 0 saturated carbocycles. The third-order valence-corrected chi connectivity index (χ3v) is 5.25. The molecule has 1 atom stereocenters. The quantitative estimate of drug-likeness (QED) is 0.253. The number of nitrogens with zero attached hydrogens (tertiary/aromatic N) is 3. The number of para-hydroxylation sites is 1. The van der Waals surface area contributed by atoms with E-state index in [2.05, 4.69) is 59.4 Å². The molecule has 0 aromatic heterocycles. The number of rotatable bonds is 11. The predicted octanol–water partition coefficient (Wildman–Crippen LogP) is 2.66. The van der Waals surface area contributed by atoms with Gasteiger partial charge in [0.15, 0.2) is 5.96 Å².